The lowest BCUT2D eigenvalue weighted by Crippen LogP contribution is -2.36. The predicted octanol–water partition coefficient (Wildman–Crippen LogP) is 2.05. The van der Waals surface area contributed by atoms with Crippen molar-refractivity contribution in [1.82, 2.24) is 15.1 Å². The minimum Gasteiger partial charge on any atom is -0.314 e. The third-order valence-electron chi connectivity index (χ3n) is 2.21. The SMILES string of the molecule is C=CCN(CC=O)C(=O)Nc1nnc(C(C)(C)C)s1. The zero-order valence-electron chi connectivity index (χ0n) is 11.3. The molecule has 0 saturated carbocycles. The molecule has 19 heavy (non-hydrogen) atoms. The van der Waals surface area contributed by atoms with Gasteiger partial charge in [-0.25, -0.2) is 4.79 Å². The van der Waals surface area contributed by atoms with Crippen LogP contribution in [0.25, 0.3) is 0 Å². The van der Waals surface area contributed by atoms with Gasteiger partial charge in [-0.1, -0.05) is 38.2 Å². The van der Waals surface area contributed by atoms with Crippen LogP contribution in [-0.2, 0) is 10.2 Å². The van der Waals surface area contributed by atoms with Gasteiger partial charge in [-0.3, -0.25) is 5.32 Å². The number of hydrogen-bond acceptors (Lipinski definition) is 5. The fourth-order valence-electron chi connectivity index (χ4n) is 1.23. The van der Waals surface area contributed by atoms with Crippen molar-refractivity contribution < 1.29 is 9.59 Å². The number of nitrogens with zero attached hydrogens (tertiary/aromatic N) is 3. The summed E-state index contributed by atoms with van der Waals surface area (Å²) in [6, 6.07) is -0.386. The molecule has 104 valence electrons. The second-order valence-corrected chi connectivity index (χ2v) is 5.93. The molecule has 0 aliphatic rings. The molecule has 2 amide bonds. The minimum atomic E-state index is -0.386. The zero-order chi connectivity index (χ0) is 14.5. The fraction of sp³-hybridized carbons (Fsp3) is 0.500. The van der Waals surface area contributed by atoms with Crippen LogP contribution in [0.4, 0.5) is 9.93 Å². The molecule has 1 heterocycles. The Morgan fingerprint density at radius 3 is 2.58 bits per heavy atom. The third kappa shape index (κ3) is 4.44. The van der Waals surface area contributed by atoms with E-state index in [4.69, 9.17) is 0 Å². The normalized spacial score (nSPS) is 10.9. The molecule has 0 unspecified atom stereocenters. The molecule has 0 radical (unpaired) electrons. The van der Waals surface area contributed by atoms with Gasteiger partial charge in [0.15, 0.2) is 0 Å². The van der Waals surface area contributed by atoms with Gasteiger partial charge >= 0.3 is 6.03 Å². The van der Waals surface area contributed by atoms with Crippen LogP contribution in [0.3, 0.4) is 0 Å². The highest BCUT2D eigenvalue weighted by molar-refractivity contribution is 7.15. The van der Waals surface area contributed by atoms with E-state index in [0.717, 1.165) is 5.01 Å². The number of rotatable bonds is 5. The average molecular weight is 282 g/mol. The molecule has 0 bridgehead atoms. The van der Waals surface area contributed by atoms with Crippen molar-refractivity contribution in [2.75, 3.05) is 18.4 Å². The summed E-state index contributed by atoms with van der Waals surface area (Å²) >= 11 is 1.33. The first-order valence-electron chi connectivity index (χ1n) is 5.83. The molecule has 7 heteroatoms. The van der Waals surface area contributed by atoms with Crippen molar-refractivity contribution in [3.63, 3.8) is 0 Å². The Bertz CT molecular complexity index is 455. The van der Waals surface area contributed by atoms with Crippen LogP contribution in [0.1, 0.15) is 25.8 Å². The van der Waals surface area contributed by atoms with E-state index in [9.17, 15) is 9.59 Å². The van der Waals surface area contributed by atoms with E-state index in [2.05, 4.69) is 22.1 Å². The van der Waals surface area contributed by atoms with Gasteiger partial charge in [0.1, 0.15) is 11.3 Å². The molecular weight excluding hydrogens is 264 g/mol. The van der Waals surface area contributed by atoms with Crippen LogP contribution in [0.2, 0.25) is 0 Å². The summed E-state index contributed by atoms with van der Waals surface area (Å²) in [5.41, 5.74) is -0.107. The summed E-state index contributed by atoms with van der Waals surface area (Å²) in [5.74, 6) is 0. The monoisotopic (exact) mass is 282 g/mol. The first kappa shape index (κ1) is 15.3. The van der Waals surface area contributed by atoms with E-state index in [-0.39, 0.29) is 18.0 Å². The van der Waals surface area contributed by atoms with Crippen molar-refractivity contribution in [1.29, 1.82) is 0 Å². The van der Waals surface area contributed by atoms with E-state index in [1.54, 1.807) is 6.08 Å². The molecule has 1 aromatic heterocycles. The highest BCUT2D eigenvalue weighted by Crippen LogP contribution is 2.27. The van der Waals surface area contributed by atoms with Crippen molar-refractivity contribution in [3.8, 4) is 0 Å². The lowest BCUT2D eigenvalue weighted by atomic mass is 9.98. The van der Waals surface area contributed by atoms with Crippen LogP contribution < -0.4 is 5.32 Å². The molecule has 1 N–H and O–H groups in total. The van der Waals surface area contributed by atoms with E-state index in [1.807, 2.05) is 20.8 Å². The Kier molecular flexibility index (Phi) is 5.17. The average Bonchev–Trinajstić information content (AvgIpc) is 2.77. The van der Waals surface area contributed by atoms with Crippen molar-refractivity contribution in [2.45, 2.75) is 26.2 Å². The molecule has 0 aliphatic carbocycles. The van der Waals surface area contributed by atoms with Crippen molar-refractivity contribution in [2.24, 2.45) is 0 Å². The first-order chi connectivity index (χ1) is 8.88. The Morgan fingerprint density at radius 1 is 1.42 bits per heavy atom. The fourth-order valence-corrected chi connectivity index (χ4v) is 2.02. The maximum Gasteiger partial charge on any atom is 0.324 e. The smallest absolute Gasteiger partial charge is 0.314 e. The van der Waals surface area contributed by atoms with Crippen molar-refractivity contribution >= 4 is 28.8 Å². The number of urea groups is 1. The maximum absolute atomic E-state index is 11.9. The number of amides is 2. The Morgan fingerprint density at radius 2 is 2.11 bits per heavy atom. The molecule has 0 spiro atoms. The number of carbonyl (C=O) groups excluding carboxylic acids is 2. The highest BCUT2D eigenvalue weighted by atomic mass is 32.1. The van der Waals surface area contributed by atoms with Gasteiger partial charge in [0, 0.05) is 12.0 Å². The van der Waals surface area contributed by atoms with Crippen LogP contribution in [0.15, 0.2) is 12.7 Å². The van der Waals surface area contributed by atoms with Gasteiger partial charge in [0.05, 0.1) is 6.54 Å². The van der Waals surface area contributed by atoms with E-state index >= 15 is 0 Å². The third-order valence-corrected chi connectivity index (χ3v) is 3.48. The predicted molar refractivity (Wildman–Crippen MR) is 75.5 cm³/mol. The highest BCUT2D eigenvalue weighted by Gasteiger charge is 2.21. The maximum atomic E-state index is 11.9. The Hall–Kier alpha value is -1.76. The van der Waals surface area contributed by atoms with Gasteiger partial charge in [0.25, 0.3) is 0 Å². The molecule has 1 aromatic rings. The van der Waals surface area contributed by atoms with E-state index in [0.29, 0.717) is 18.0 Å². The number of aldehydes is 1. The molecule has 0 saturated heterocycles. The van der Waals surface area contributed by atoms with Crippen LogP contribution in [-0.4, -0.2) is 40.5 Å². The second-order valence-electron chi connectivity index (χ2n) is 4.95. The van der Waals surface area contributed by atoms with E-state index < -0.39 is 0 Å². The number of aromatic nitrogens is 2. The largest absolute Gasteiger partial charge is 0.324 e. The quantitative estimate of drug-likeness (QED) is 0.662. The summed E-state index contributed by atoms with van der Waals surface area (Å²) in [6.07, 6.45) is 2.23. The van der Waals surface area contributed by atoms with Gasteiger partial charge in [-0.05, 0) is 0 Å². The second kappa shape index (κ2) is 6.42. The number of anilines is 1. The minimum absolute atomic E-state index is 0.0167. The van der Waals surface area contributed by atoms with Crippen LogP contribution in [0.5, 0.6) is 0 Å². The lowest BCUT2D eigenvalue weighted by molar-refractivity contribution is -0.108. The zero-order valence-corrected chi connectivity index (χ0v) is 12.2. The topological polar surface area (TPSA) is 75.2 Å². The van der Waals surface area contributed by atoms with Crippen LogP contribution >= 0.6 is 11.3 Å². The summed E-state index contributed by atoms with van der Waals surface area (Å²) in [4.78, 5) is 23.7. The van der Waals surface area contributed by atoms with Crippen molar-refractivity contribution in [3.05, 3.63) is 17.7 Å². The molecular formula is C12H18N4O2S. The summed E-state index contributed by atoms with van der Waals surface area (Å²) in [5, 5.41) is 11.9. The molecule has 0 atom stereocenters. The van der Waals surface area contributed by atoms with Crippen LogP contribution in [0, 0.1) is 0 Å². The molecule has 0 fully saturated rings. The Balaban J connectivity index is 2.72. The van der Waals surface area contributed by atoms with Gasteiger partial charge in [0.2, 0.25) is 5.13 Å². The van der Waals surface area contributed by atoms with E-state index in [1.165, 1.54) is 16.2 Å². The standard InChI is InChI=1S/C12H18N4O2S/c1-5-6-16(7-8-17)11(18)13-10-15-14-9(19-10)12(2,3)4/h5,8H,1,6-7H2,2-4H3,(H,13,15,18). The molecule has 0 aliphatic heterocycles. The number of carbonyl (C=O) groups is 2. The van der Waals surface area contributed by atoms with Gasteiger partial charge in [-0.2, -0.15) is 0 Å². The van der Waals surface area contributed by atoms with Gasteiger partial charge in [-0.15, -0.1) is 16.8 Å². The molecule has 6 nitrogen and oxygen atoms in total. The Labute approximate surface area is 116 Å². The summed E-state index contributed by atoms with van der Waals surface area (Å²) in [7, 11) is 0. The summed E-state index contributed by atoms with van der Waals surface area (Å²) < 4.78 is 0. The lowest BCUT2D eigenvalue weighted by Gasteiger charge is -2.17. The first-order valence-corrected chi connectivity index (χ1v) is 6.64. The molecule has 1 rings (SSSR count). The number of hydrogen-bond donors (Lipinski definition) is 1. The molecule has 0 aromatic carbocycles. The van der Waals surface area contributed by atoms with Gasteiger partial charge < -0.3 is 9.69 Å². The number of nitrogens with one attached hydrogen (secondary N) is 1. The summed E-state index contributed by atoms with van der Waals surface area (Å²) in [6.45, 7) is 9.93.